The lowest BCUT2D eigenvalue weighted by Gasteiger charge is -2.34. The third-order valence-corrected chi connectivity index (χ3v) is 7.67. The van der Waals surface area contributed by atoms with Crippen LogP contribution in [0.25, 0.3) is 0 Å². The smallest absolute Gasteiger partial charge is 0.220 e. The number of nitrogens with one attached hydrogen (secondary N) is 1. The predicted octanol–water partition coefficient (Wildman–Crippen LogP) is 3.26. The maximum atomic E-state index is 12.1. The zero-order valence-corrected chi connectivity index (χ0v) is 17.2. The van der Waals surface area contributed by atoms with Crippen LogP contribution in [0.5, 0.6) is 0 Å². The van der Waals surface area contributed by atoms with Gasteiger partial charge in [-0.25, -0.2) is 8.42 Å². The van der Waals surface area contributed by atoms with Gasteiger partial charge in [0.05, 0.1) is 10.6 Å². The molecule has 1 N–H and O–H groups in total. The monoisotopic (exact) mass is 406 g/mol. The molecule has 0 saturated carbocycles. The summed E-state index contributed by atoms with van der Waals surface area (Å²) in [5.74, 6) is 0.236. The van der Waals surface area contributed by atoms with E-state index in [1.165, 1.54) is 4.88 Å². The molecule has 0 radical (unpaired) electrons. The Morgan fingerprint density at radius 1 is 1.19 bits per heavy atom. The van der Waals surface area contributed by atoms with Gasteiger partial charge in [-0.1, -0.05) is 13.0 Å². The lowest BCUT2D eigenvalue weighted by molar-refractivity contribution is -0.121. The number of hydrogen-bond acceptors (Lipinski definition) is 5. The molecule has 146 valence electrons. The number of nitrogens with zero attached hydrogens (tertiary/aromatic N) is 1. The molecule has 1 aromatic heterocycles. The standard InChI is InChI=1S/C20H26N2O3S2/c1-2-27(24,25)19-8-5-17(6-9-19)22-13-11-16(12-14-22)21-20(23)10-7-18-4-3-15-26-18/h3-6,8-9,15-16H,2,7,10-14H2,1H3,(H,21,23). The molecule has 0 spiro atoms. The Bertz CT molecular complexity index is 838. The van der Waals surface area contributed by atoms with Crippen molar-refractivity contribution in [1.82, 2.24) is 5.32 Å². The first-order valence-corrected chi connectivity index (χ1v) is 11.9. The molecule has 0 bridgehead atoms. The SMILES string of the molecule is CCS(=O)(=O)c1ccc(N2CCC(NC(=O)CCc3cccs3)CC2)cc1. The van der Waals surface area contributed by atoms with Gasteiger partial charge in [-0.2, -0.15) is 0 Å². The van der Waals surface area contributed by atoms with Crippen molar-refractivity contribution in [2.75, 3.05) is 23.7 Å². The third-order valence-electron chi connectivity index (χ3n) is 4.98. The second-order valence-corrected chi connectivity index (χ2v) is 10.1. The Balaban J connectivity index is 1.46. The molecule has 5 nitrogen and oxygen atoms in total. The molecule has 1 aliphatic heterocycles. The number of carbonyl (C=O) groups is 1. The summed E-state index contributed by atoms with van der Waals surface area (Å²) in [7, 11) is -3.16. The van der Waals surface area contributed by atoms with E-state index >= 15 is 0 Å². The van der Waals surface area contributed by atoms with Crippen LogP contribution >= 0.6 is 11.3 Å². The van der Waals surface area contributed by atoms with Crippen LogP contribution in [0.2, 0.25) is 0 Å². The highest BCUT2D eigenvalue weighted by Crippen LogP contribution is 2.22. The summed E-state index contributed by atoms with van der Waals surface area (Å²) in [6.07, 6.45) is 3.14. The van der Waals surface area contributed by atoms with Crippen LogP contribution in [0.1, 0.15) is 31.1 Å². The fraction of sp³-hybridized carbons (Fsp3) is 0.450. The van der Waals surface area contributed by atoms with E-state index < -0.39 is 9.84 Å². The second kappa shape index (κ2) is 8.89. The summed E-state index contributed by atoms with van der Waals surface area (Å²) in [5, 5.41) is 5.18. The van der Waals surface area contributed by atoms with Crippen LogP contribution in [0.15, 0.2) is 46.7 Å². The largest absolute Gasteiger partial charge is 0.371 e. The maximum absolute atomic E-state index is 12.1. The minimum atomic E-state index is -3.16. The van der Waals surface area contributed by atoms with Gasteiger partial charge in [0.1, 0.15) is 0 Å². The van der Waals surface area contributed by atoms with E-state index in [0.29, 0.717) is 11.3 Å². The quantitative estimate of drug-likeness (QED) is 0.766. The van der Waals surface area contributed by atoms with Crippen LogP contribution in [-0.2, 0) is 21.1 Å². The maximum Gasteiger partial charge on any atom is 0.220 e. The average Bonchev–Trinajstić information content (AvgIpc) is 3.21. The molecule has 1 amide bonds. The molecule has 7 heteroatoms. The highest BCUT2D eigenvalue weighted by atomic mass is 32.2. The molecule has 0 unspecified atom stereocenters. The van der Waals surface area contributed by atoms with Gasteiger partial charge in [0.25, 0.3) is 0 Å². The van der Waals surface area contributed by atoms with Gasteiger partial charge in [-0.05, 0) is 55.0 Å². The zero-order valence-electron chi connectivity index (χ0n) is 15.6. The number of amides is 1. The summed E-state index contributed by atoms with van der Waals surface area (Å²) >= 11 is 1.69. The van der Waals surface area contributed by atoms with Crippen LogP contribution < -0.4 is 10.2 Å². The Morgan fingerprint density at radius 2 is 1.89 bits per heavy atom. The van der Waals surface area contributed by atoms with E-state index in [1.54, 1.807) is 30.4 Å². The molecular weight excluding hydrogens is 380 g/mol. The van der Waals surface area contributed by atoms with Crippen molar-refractivity contribution >= 4 is 32.8 Å². The topological polar surface area (TPSA) is 66.5 Å². The summed E-state index contributed by atoms with van der Waals surface area (Å²) in [6, 6.07) is 11.4. The molecule has 1 saturated heterocycles. The number of thiophene rings is 1. The first kappa shape index (κ1) is 19.9. The number of rotatable bonds is 7. The number of piperidine rings is 1. The molecule has 27 heavy (non-hydrogen) atoms. The number of benzene rings is 1. The van der Waals surface area contributed by atoms with Gasteiger partial charge in [-0.3, -0.25) is 4.79 Å². The van der Waals surface area contributed by atoms with Crippen LogP contribution in [-0.4, -0.2) is 39.2 Å². The minimum absolute atomic E-state index is 0.115. The number of aryl methyl sites for hydroxylation is 1. The lowest BCUT2D eigenvalue weighted by atomic mass is 10.0. The molecule has 3 rings (SSSR count). The van der Waals surface area contributed by atoms with Crippen LogP contribution in [0.3, 0.4) is 0 Å². The van der Waals surface area contributed by atoms with E-state index in [2.05, 4.69) is 16.3 Å². The molecular formula is C20H26N2O3S2. The van der Waals surface area contributed by atoms with E-state index in [-0.39, 0.29) is 17.7 Å². The van der Waals surface area contributed by atoms with Gasteiger partial charge < -0.3 is 10.2 Å². The van der Waals surface area contributed by atoms with E-state index in [9.17, 15) is 13.2 Å². The first-order valence-electron chi connectivity index (χ1n) is 9.37. The van der Waals surface area contributed by atoms with Crippen molar-refractivity contribution < 1.29 is 13.2 Å². The van der Waals surface area contributed by atoms with Crippen molar-refractivity contribution in [1.29, 1.82) is 0 Å². The van der Waals surface area contributed by atoms with Gasteiger partial charge in [-0.15, -0.1) is 11.3 Å². The molecule has 0 atom stereocenters. The fourth-order valence-electron chi connectivity index (χ4n) is 3.30. The molecule has 1 aliphatic rings. The molecule has 1 aromatic carbocycles. The van der Waals surface area contributed by atoms with Crippen molar-refractivity contribution in [3.8, 4) is 0 Å². The lowest BCUT2D eigenvalue weighted by Crippen LogP contribution is -2.44. The van der Waals surface area contributed by atoms with Gasteiger partial charge in [0, 0.05) is 36.1 Å². The normalized spacial score (nSPS) is 15.7. The van der Waals surface area contributed by atoms with Crippen LogP contribution in [0.4, 0.5) is 5.69 Å². The Kier molecular flexibility index (Phi) is 6.55. The molecule has 2 aromatic rings. The van der Waals surface area contributed by atoms with Gasteiger partial charge in [0.2, 0.25) is 5.91 Å². The molecule has 0 aliphatic carbocycles. The van der Waals surface area contributed by atoms with E-state index in [0.717, 1.165) is 38.0 Å². The predicted molar refractivity (Wildman–Crippen MR) is 110 cm³/mol. The number of anilines is 1. The van der Waals surface area contributed by atoms with Crippen molar-refractivity contribution in [2.45, 2.75) is 43.5 Å². The minimum Gasteiger partial charge on any atom is -0.371 e. The van der Waals surface area contributed by atoms with E-state index in [4.69, 9.17) is 0 Å². The number of hydrogen-bond donors (Lipinski definition) is 1. The highest BCUT2D eigenvalue weighted by molar-refractivity contribution is 7.91. The Hall–Kier alpha value is -1.86. The zero-order chi connectivity index (χ0) is 19.3. The van der Waals surface area contributed by atoms with Crippen LogP contribution in [0, 0.1) is 0 Å². The molecule has 1 fully saturated rings. The Morgan fingerprint density at radius 3 is 2.48 bits per heavy atom. The van der Waals surface area contributed by atoms with E-state index in [1.807, 2.05) is 23.6 Å². The number of carbonyl (C=O) groups excluding carboxylic acids is 1. The van der Waals surface area contributed by atoms with Crippen molar-refractivity contribution in [3.05, 3.63) is 46.7 Å². The summed E-state index contributed by atoms with van der Waals surface area (Å²) in [6.45, 7) is 3.37. The third kappa shape index (κ3) is 5.32. The summed E-state index contributed by atoms with van der Waals surface area (Å²) < 4.78 is 23.8. The molecule has 2 heterocycles. The van der Waals surface area contributed by atoms with Crippen molar-refractivity contribution in [3.63, 3.8) is 0 Å². The summed E-state index contributed by atoms with van der Waals surface area (Å²) in [4.78, 5) is 16.0. The van der Waals surface area contributed by atoms with Gasteiger partial charge in [0.15, 0.2) is 9.84 Å². The number of sulfone groups is 1. The fourth-order valence-corrected chi connectivity index (χ4v) is 4.90. The van der Waals surface area contributed by atoms with Crippen molar-refractivity contribution in [2.24, 2.45) is 0 Å². The summed E-state index contributed by atoms with van der Waals surface area (Å²) in [5.41, 5.74) is 1.03. The first-order chi connectivity index (χ1) is 13.0. The Labute approximate surface area is 165 Å². The van der Waals surface area contributed by atoms with Gasteiger partial charge >= 0.3 is 0 Å². The average molecular weight is 407 g/mol. The highest BCUT2D eigenvalue weighted by Gasteiger charge is 2.21. The second-order valence-electron chi connectivity index (χ2n) is 6.81.